The van der Waals surface area contributed by atoms with Gasteiger partial charge in [-0.3, -0.25) is 4.79 Å². The second-order valence-electron chi connectivity index (χ2n) is 6.51. The molecule has 0 heterocycles. The van der Waals surface area contributed by atoms with Gasteiger partial charge >= 0.3 is 5.97 Å². The molecule has 0 aliphatic carbocycles. The van der Waals surface area contributed by atoms with Gasteiger partial charge < -0.3 is 10.1 Å². The molecule has 0 saturated carbocycles. The van der Waals surface area contributed by atoms with E-state index in [1.807, 2.05) is 0 Å². The zero-order chi connectivity index (χ0) is 22.3. The van der Waals surface area contributed by atoms with Crippen molar-refractivity contribution >= 4 is 21.9 Å². The van der Waals surface area contributed by atoms with Gasteiger partial charge in [-0.15, -0.1) is 0 Å². The number of nitrogens with one attached hydrogen (secondary N) is 1. The molecule has 30 heavy (non-hydrogen) atoms. The zero-order valence-electron chi connectivity index (χ0n) is 17.1. The van der Waals surface area contributed by atoms with Crippen LogP contribution < -0.4 is 5.32 Å². The summed E-state index contributed by atoms with van der Waals surface area (Å²) < 4.78 is 44.3. The Hall–Kier alpha value is -2.78. The molecule has 0 saturated heterocycles. The summed E-state index contributed by atoms with van der Waals surface area (Å²) in [4.78, 5) is 24.5. The molecule has 162 valence electrons. The minimum absolute atomic E-state index is 0.0767. The second-order valence-corrected chi connectivity index (χ2v) is 8.44. The Morgan fingerprint density at radius 2 is 1.60 bits per heavy atom. The van der Waals surface area contributed by atoms with Crippen molar-refractivity contribution in [1.29, 1.82) is 0 Å². The Morgan fingerprint density at radius 1 is 1.03 bits per heavy atom. The zero-order valence-corrected chi connectivity index (χ0v) is 17.9. The molecule has 0 fully saturated rings. The monoisotopic (exact) mass is 436 g/mol. The summed E-state index contributed by atoms with van der Waals surface area (Å²) in [5, 5.41) is 2.61. The highest BCUT2D eigenvalue weighted by Crippen LogP contribution is 2.17. The Balaban J connectivity index is 1.96. The molecule has 0 aliphatic rings. The molecule has 9 heteroatoms. The number of carbonyl (C=O) groups excluding carboxylic acids is 2. The average molecular weight is 437 g/mol. The van der Waals surface area contributed by atoms with Gasteiger partial charge in [-0.2, -0.15) is 4.31 Å². The molecule has 0 bridgehead atoms. The van der Waals surface area contributed by atoms with Crippen LogP contribution in [-0.4, -0.2) is 43.8 Å². The molecular weight excluding hydrogens is 411 g/mol. The van der Waals surface area contributed by atoms with Gasteiger partial charge in [0.2, 0.25) is 10.0 Å². The molecule has 0 radical (unpaired) electrons. The van der Waals surface area contributed by atoms with Crippen LogP contribution in [0.15, 0.2) is 53.4 Å². The summed E-state index contributed by atoms with van der Waals surface area (Å²) in [6.07, 6.45) is -1.06. The first-order valence-corrected chi connectivity index (χ1v) is 11.0. The molecule has 0 spiro atoms. The minimum Gasteiger partial charge on any atom is -0.449 e. The van der Waals surface area contributed by atoms with Crippen molar-refractivity contribution in [3.63, 3.8) is 0 Å². The third-order valence-corrected chi connectivity index (χ3v) is 6.53. The van der Waals surface area contributed by atoms with Crippen molar-refractivity contribution < 1.29 is 27.1 Å². The highest BCUT2D eigenvalue weighted by atomic mass is 32.2. The summed E-state index contributed by atoms with van der Waals surface area (Å²) in [6, 6.07) is 11.0. The summed E-state index contributed by atoms with van der Waals surface area (Å²) in [6.45, 7) is 5.76. The van der Waals surface area contributed by atoms with Gasteiger partial charge in [0.1, 0.15) is 5.82 Å². The van der Waals surface area contributed by atoms with E-state index >= 15 is 0 Å². The number of sulfonamides is 1. The Labute approximate surface area is 175 Å². The number of amides is 1. The van der Waals surface area contributed by atoms with E-state index in [9.17, 15) is 22.4 Å². The van der Waals surface area contributed by atoms with Crippen LogP contribution in [0, 0.1) is 5.82 Å². The number of carbonyl (C=O) groups is 2. The number of esters is 1. The molecule has 2 aromatic carbocycles. The maximum Gasteiger partial charge on any atom is 0.338 e. The summed E-state index contributed by atoms with van der Waals surface area (Å²) in [7, 11) is -3.62. The van der Waals surface area contributed by atoms with Crippen molar-refractivity contribution in [3.05, 3.63) is 65.5 Å². The molecular formula is C21H25FN2O5S. The number of hydrogen-bond donors (Lipinski definition) is 1. The van der Waals surface area contributed by atoms with E-state index in [4.69, 9.17) is 4.74 Å². The van der Waals surface area contributed by atoms with Crippen molar-refractivity contribution in [1.82, 2.24) is 9.62 Å². The highest BCUT2D eigenvalue weighted by molar-refractivity contribution is 7.89. The van der Waals surface area contributed by atoms with Gasteiger partial charge in [-0.1, -0.05) is 26.0 Å². The predicted octanol–water partition coefficient (Wildman–Crippen LogP) is 2.72. The molecule has 0 aromatic heterocycles. The number of benzene rings is 2. The fraction of sp³-hybridized carbons (Fsp3) is 0.333. The number of halogens is 1. The fourth-order valence-corrected chi connectivity index (χ4v) is 4.15. The average Bonchev–Trinajstić information content (AvgIpc) is 2.73. The van der Waals surface area contributed by atoms with Gasteiger partial charge in [0.15, 0.2) is 6.10 Å². The minimum atomic E-state index is -3.62. The molecule has 1 atom stereocenters. The number of rotatable bonds is 9. The third-order valence-electron chi connectivity index (χ3n) is 4.47. The van der Waals surface area contributed by atoms with E-state index in [0.717, 1.165) is 0 Å². The lowest BCUT2D eigenvalue weighted by Gasteiger charge is -2.18. The van der Waals surface area contributed by atoms with Crippen LogP contribution in [0.2, 0.25) is 0 Å². The Morgan fingerprint density at radius 3 is 2.13 bits per heavy atom. The molecule has 2 rings (SSSR count). The molecule has 0 aliphatic heterocycles. The molecule has 1 unspecified atom stereocenters. The van der Waals surface area contributed by atoms with Crippen molar-refractivity contribution in [3.8, 4) is 0 Å². The predicted molar refractivity (Wildman–Crippen MR) is 110 cm³/mol. The number of ether oxygens (including phenoxy) is 1. The van der Waals surface area contributed by atoms with E-state index in [-0.39, 0.29) is 22.8 Å². The summed E-state index contributed by atoms with van der Waals surface area (Å²) >= 11 is 0. The van der Waals surface area contributed by atoms with Crippen LogP contribution in [0.25, 0.3) is 0 Å². The van der Waals surface area contributed by atoms with Crippen molar-refractivity contribution in [2.24, 2.45) is 0 Å². The first-order valence-electron chi connectivity index (χ1n) is 9.52. The molecule has 1 N–H and O–H groups in total. The van der Waals surface area contributed by atoms with E-state index in [1.54, 1.807) is 26.0 Å². The lowest BCUT2D eigenvalue weighted by molar-refractivity contribution is -0.129. The first-order chi connectivity index (χ1) is 14.2. The van der Waals surface area contributed by atoms with Gasteiger partial charge in [0, 0.05) is 19.6 Å². The molecule has 1 amide bonds. The Kier molecular flexibility index (Phi) is 8.08. The van der Waals surface area contributed by atoms with Gasteiger partial charge in [0.05, 0.1) is 10.5 Å². The third kappa shape index (κ3) is 5.87. The van der Waals surface area contributed by atoms with E-state index in [0.29, 0.717) is 18.7 Å². The van der Waals surface area contributed by atoms with E-state index < -0.39 is 28.0 Å². The first kappa shape index (κ1) is 23.5. The lowest BCUT2D eigenvalue weighted by atomic mass is 10.2. The fourth-order valence-electron chi connectivity index (χ4n) is 2.69. The largest absolute Gasteiger partial charge is 0.449 e. The standard InChI is InChI=1S/C21H25FN2O5S/c1-4-24(5-2)30(27,28)19-12-8-17(9-13-19)21(26)29-15(3)20(25)23-14-16-6-10-18(22)11-7-16/h6-13,15H,4-5,14H2,1-3H3,(H,23,25). The smallest absolute Gasteiger partial charge is 0.338 e. The van der Waals surface area contributed by atoms with Crippen molar-refractivity contribution in [2.75, 3.05) is 13.1 Å². The second kappa shape index (κ2) is 10.3. The van der Waals surface area contributed by atoms with Crippen LogP contribution in [0.4, 0.5) is 4.39 Å². The highest BCUT2D eigenvalue weighted by Gasteiger charge is 2.23. The van der Waals surface area contributed by atoms with E-state index in [2.05, 4.69) is 5.32 Å². The van der Waals surface area contributed by atoms with Crippen LogP contribution >= 0.6 is 0 Å². The number of hydrogen-bond acceptors (Lipinski definition) is 5. The van der Waals surface area contributed by atoms with Gasteiger partial charge in [-0.25, -0.2) is 17.6 Å². The van der Waals surface area contributed by atoms with Crippen LogP contribution in [-0.2, 0) is 26.1 Å². The van der Waals surface area contributed by atoms with Crippen molar-refractivity contribution in [2.45, 2.75) is 38.3 Å². The Bertz CT molecular complexity index is 971. The van der Waals surface area contributed by atoms with Crippen LogP contribution in [0.5, 0.6) is 0 Å². The van der Waals surface area contributed by atoms with E-state index in [1.165, 1.54) is 47.6 Å². The number of nitrogens with zero attached hydrogens (tertiary/aromatic N) is 1. The van der Waals surface area contributed by atoms with Crippen LogP contribution in [0.1, 0.15) is 36.7 Å². The SMILES string of the molecule is CCN(CC)S(=O)(=O)c1ccc(C(=O)OC(C)C(=O)NCc2ccc(F)cc2)cc1. The maximum atomic E-state index is 12.9. The summed E-state index contributed by atoms with van der Waals surface area (Å²) in [5.74, 6) is -1.62. The van der Waals surface area contributed by atoms with Gasteiger partial charge in [0.25, 0.3) is 5.91 Å². The molecule has 7 nitrogen and oxygen atoms in total. The quantitative estimate of drug-likeness (QED) is 0.610. The molecule has 2 aromatic rings. The lowest BCUT2D eigenvalue weighted by Crippen LogP contribution is -2.35. The topological polar surface area (TPSA) is 92.8 Å². The van der Waals surface area contributed by atoms with Crippen LogP contribution in [0.3, 0.4) is 0 Å². The normalized spacial score (nSPS) is 12.4. The van der Waals surface area contributed by atoms with Gasteiger partial charge in [-0.05, 0) is 48.9 Å². The summed E-state index contributed by atoms with van der Waals surface area (Å²) in [5.41, 5.74) is 0.833. The maximum absolute atomic E-state index is 12.9.